The molecule has 2 rings (SSSR count). The van der Waals surface area contributed by atoms with Crippen molar-refractivity contribution in [2.24, 2.45) is 5.92 Å². The highest BCUT2D eigenvalue weighted by molar-refractivity contribution is 5.79. The Morgan fingerprint density at radius 3 is 3.05 bits per heavy atom. The Bertz CT molecular complexity index is 521. The Morgan fingerprint density at radius 2 is 2.35 bits per heavy atom. The van der Waals surface area contributed by atoms with E-state index in [0.717, 1.165) is 18.4 Å². The van der Waals surface area contributed by atoms with E-state index in [0.29, 0.717) is 18.7 Å². The lowest BCUT2D eigenvalue weighted by Crippen LogP contribution is -2.36. The van der Waals surface area contributed by atoms with Crippen LogP contribution in [0.5, 0.6) is 0 Å². The Kier molecular flexibility index (Phi) is 4.75. The SMILES string of the molecule is CCC1OCCC1C(=O)N(C)Cc1cccc(C#N)c1. The second-order valence-corrected chi connectivity index (χ2v) is 5.22. The van der Waals surface area contributed by atoms with Gasteiger partial charge in [0.2, 0.25) is 5.91 Å². The predicted molar refractivity (Wildman–Crippen MR) is 75.8 cm³/mol. The molecular formula is C16H20N2O2. The summed E-state index contributed by atoms with van der Waals surface area (Å²) in [6.45, 7) is 3.25. The van der Waals surface area contributed by atoms with E-state index in [1.54, 1.807) is 11.0 Å². The molecule has 0 aliphatic carbocycles. The van der Waals surface area contributed by atoms with Crippen LogP contribution >= 0.6 is 0 Å². The van der Waals surface area contributed by atoms with Gasteiger partial charge in [-0.15, -0.1) is 0 Å². The molecule has 2 atom stereocenters. The predicted octanol–water partition coefficient (Wildman–Crippen LogP) is 2.33. The number of carbonyl (C=O) groups excluding carboxylic acids is 1. The first-order chi connectivity index (χ1) is 9.65. The van der Waals surface area contributed by atoms with Crippen molar-refractivity contribution >= 4 is 5.91 Å². The fraction of sp³-hybridized carbons (Fsp3) is 0.500. The fourth-order valence-corrected chi connectivity index (χ4v) is 2.71. The van der Waals surface area contributed by atoms with Crippen LogP contribution < -0.4 is 0 Å². The summed E-state index contributed by atoms with van der Waals surface area (Å²) in [4.78, 5) is 14.2. The van der Waals surface area contributed by atoms with Crippen LogP contribution in [0.1, 0.15) is 30.9 Å². The minimum absolute atomic E-state index is 0.0239. The lowest BCUT2D eigenvalue weighted by atomic mass is 9.98. The summed E-state index contributed by atoms with van der Waals surface area (Å²) in [6.07, 6.45) is 1.73. The standard InChI is InChI=1S/C16H20N2O2/c1-3-15-14(7-8-20-15)16(19)18(2)11-13-6-4-5-12(9-13)10-17/h4-6,9,14-15H,3,7-8,11H2,1-2H3. The van der Waals surface area contributed by atoms with Crippen molar-refractivity contribution in [1.82, 2.24) is 4.90 Å². The van der Waals surface area contributed by atoms with Gasteiger partial charge in [0.25, 0.3) is 0 Å². The molecule has 1 aromatic carbocycles. The van der Waals surface area contributed by atoms with Gasteiger partial charge in [-0.3, -0.25) is 4.79 Å². The summed E-state index contributed by atoms with van der Waals surface area (Å²) in [5.41, 5.74) is 1.60. The highest BCUT2D eigenvalue weighted by atomic mass is 16.5. The van der Waals surface area contributed by atoms with Crippen LogP contribution in [0.15, 0.2) is 24.3 Å². The molecule has 0 radical (unpaired) electrons. The van der Waals surface area contributed by atoms with Crippen LogP contribution in [-0.2, 0) is 16.1 Å². The van der Waals surface area contributed by atoms with E-state index in [2.05, 4.69) is 6.07 Å². The van der Waals surface area contributed by atoms with Crippen molar-refractivity contribution in [3.63, 3.8) is 0 Å². The second kappa shape index (κ2) is 6.53. The monoisotopic (exact) mass is 272 g/mol. The minimum Gasteiger partial charge on any atom is -0.377 e. The topological polar surface area (TPSA) is 53.3 Å². The summed E-state index contributed by atoms with van der Waals surface area (Å²) in [5, 5.41) is 8.90. The van der Waals surface area contributed by atoms with Gasteiger partial charge in [-0.1, -0.05) is 19.1 Å². The van der Waals surface area contributed by atoms with Crippen LogP contribution in [0.4, 0.5) is 0 Å². The lowest BCUT2D eigenvalue weighted by molar-refractivity contribution is -0.136. The minimum atomic E-state index is -0.0239. The van der Waals surface area contributed by atoms with Gasteiger partial charge in [-0.2, -0.15) is 5.26 Å². The molecule has 1 aromatic rings. The third-order valence-electron chi connectivity index (χ3n) is 3.78. The molecule has 0 aromatic heterocycles. The lowest BCUT2D eigenvalue weighted by Gasteiger charge is -2.23. The molecule has 4 nitrogen and oxygen atoms in total. The van der Waals surface area contributed by atoms with Crippen molar-refractivity contribution < 1.29 is 9.53 Å². The van der Waals surface area contributed by atoms with Crippen LogP contribution in [-0.4, -0.2) is 30.6 Å². The van der Waals surface area contributed by atoms with Gasteiger partial charge < -0.3 is 9.64 Å². The van der Waals surface area contributed by atoms with Crippen molar-refractivity contribution in [2.45, 2.75) is 32.4 Å². The number of benzene rings is 1. The largest absolute Gasteiger partial charge is 0.377 e. The number of ether oxygens (including phenoxy) is 1. The summed E-state index contributed by atoms with van der Waals surface area (Å²) >= 11 is 0. The number of amides is 1. The molecule has 1 fully saturated rings. The first kappa shape index (κ1) is 14.5. The summed E-state index contributed by atoms with van der Waals surface area (Å²) in [5.74, 6) is 0.112. The molecule has 0 saturated carbocycles. The quantitative estimate of drug-likeness (QED) is 0.845. The zero-order valence-electron chi connectivity index (χ0n) is 12.0. The first-order valence-corrected chi connectivity index (χ1v) is 7.01. The van der Waals surface area contributed by atoms with Gasteiger partial charge in [-0.25, -0.2) is 0 Å². The van der Waals surface area contributed by atoms with Crippen molar-refractivity contribution in [2.75, 3.05) is 13.7 Å². The smallest absolute Gasteiger partial charge is 0.228 e. The van der Waals surface area contributed by atoms with Gasteiger partial charge in [0.05, 0.1) is 23.7 Å². The van der Waals surface area contributed by atoms with Crippen molar-refractivity contribution in [3.05, 3.63) is 35.4 Å². The van der Waals surface area contributed by atoms with E-state index in [1.807, 2.05) is 32.2 Å². The van der Waals surface area contributed by atoms with Gasteiger partial charge >= 0.3 is 0 Å². The van der Waals surface area contributed by atoms with Gasteiger partial charge in [0, 0.05) is 20.2 Å². The Labute approximate surface area is 120 Å². The molecule has 106 valence electrons. The molecule has 1 aliphatic heterocycles. The van der Waals surface area contributed by atoms with E-state index >= 15 is 0 Å². The number of nitriles is 1. The Hall–Kier alpha value is -1.86. The summed E-state index contributed by atoms with van der Waals surface area (Å²) < 4.78 is 5.58. The second-order valence-electron chi connectivity index (χ2n) is 5.22. The molecular weight excluding hydrogens is 252 g/mol. The van der Waals surface area contributed by atoms with Gasteiger partial charge in [0.1, 0.15) is 0 Å². The Morgan fingerprint density at radius 1 is 1.55 bits per heavy atom. The molecule has 4 heteroatoms. The third-order valence-corrected chi connectivity index (χ3v) is 3.78. The zero-order chi connectivity index (χ0) is 14.5. The molecule has 0 N–H and O–H groups in total. The fourth-order valence-electron chi connectivity index (χ4n) is 2.71. The van der Waals surface area contributed by atoms with E-state index in [1.165, 1.54) is 0 Å². The normalized spacial score (nSPS) is 21.4. The van der Waals surface area contributed by atoms with Crippen LogP contribution in [0.3, 0.4) is 0 Å². The first-order valence-electron chi connectivity index (χ1n) is 7.01. The Balaban J connectivity index is 2.02. The number of carbonyl (C=O) groups is 1. The van der Waals surface area contributed by atoms with E-state index in [9.17, 15) is 4.79 Å². The summed E-state index contributed by atoms with van der Waals surface area (Å²) in [6, 6.07) is 9.49. The molecule has 1 heterocycles. The third kappa shape index (κ3) is 3.17. The van der Waals surface area contributed by atoms with E-state index in [-0.39, 0.29) is 17.9 Å². The molecule has 1 saturated heterocycles. The molecule has 2 unspecified atom stereocenters. The number of hydrogen-bond acceptors (Lipinski definition) is 3. The highest BCUT2D eigenvalue weighted by Gasteiger charge is 2.34. The average Bonchev–Trinajstić information content (AvgIpc) is 2.95. The van der Waals surface area contributed by atoms with Gasteiger partial charge in [0.15, 0.2) is 0 Å². The van der Waals surface area contributed by atoms with E-state index < -0.39 is 0 Å². The van der Waals surface area contributed by atoms with Crippen LogP contribution in [0.25, 0.3) is 0 Å². The van der Waals surface area contributed by atoms with E-state index in [4.69, 9.17) is 10.00 Å². The summed E-state index contributed by atoms with van der Waals surface area (Å²) in [7, 11) is 1.81. The van der Waals surface area contributed by atoms with Crippen molar-refractivity contribution in [3.8, 4) is 6.07 Å². The maximum Gasteiger partial charge on any atom is 0.228 e. The van der Waals surface area contributed by atoms with Crippen molar-refractivity contribution in [1.29, 1.82) is 5.26 Å². The molecule has 0 bridgehead atoms. The highest BCUT2D eigenvalue weighted by Crippen LogP contribution is 2.25. The maximum atomic E-state index is 12.5. The molecule has 20 heavy (non-hydrogen) atoms. The van der Waals surface area contributed by atoms with Crippen LogP contribution in [0, 0.1) is 17.2 Å². The molecule has 0 spiro atoms. The number of rotatable bonds is 4. The average molecular weight is 272 g/mol. The van der Waals surface area contributed by atoms with Crippen LogP contribution in [0.2, 0.25) is 0 Å². The number of hydrogen-bond donors (Lipinski definition) is 0. The zero-order valence-corrected chi connectivity index (χ0v) is 12.0. The molecule has 1 aliphatic rings. The molecule has 1 amide bonds. The maximum absolute atomic E-state index is 12.5. The van der Waals surface area contributed by atoms with Gasteiger partial charge in [-0.05, 0) is 30.5 Å². The number of nitrogens with zero attached hydrogens (tertiary/aromatic N) is 2.